The molecular formula is C17H18N6O4. The molecule has 10 heteroatoms. The number of carbonyl (C=O) groups excluding carboxylic acids is 3. The summed E-state index contributed by atoms with van der Waals surface area (Å²) < 4.78 is 5.28. The molecule has 4 rings (SSSR count). The van der Waals surface area contributed by atoms with Crippen molar-refractivity contribution in [1.82, 2.24) is 20.4 Å². The largest absolute Gasteiger partial charge is 0.407 e. The van der Waals surface area contributed by atoms with Crippen molar-refractivity contribution in [2.75, 3.05) is 5.32 Å². The van der Waals surface area contributed by atoms with Crippen molar-refractivity contribution in [2.24, 2.45) is 5.73 Å². The SMILES string of the molecule is NCc1nnc(NCc2ccc3c(c2)C(=O)N(C2CCC(=O)NC2=O)C3)o1. The number of nitrogens with two attached hydrogens (primary N) is 1. The van der Waals surface area contributed by atoms with Gasteiger partial charge in [0.05, 0.1) is 6.54 Å². The highest BCUT2D eigenvalue weighted by Gasteiger charge is 2.39. The van der Waals surface area contributed by atoms with Gasteiger partial charge in [-0.15, -0.1) is 5.10 Å². The molecule has 2 aliphatic heterocycles. The Labute approximate surface area is 154 Å². The number of hydrogen-bond donors (Lipinski definition) is 3. The Hall–Kier alpha value is -3.27. The number of anilines is 1. The average Bonchev–Trinajstić information content (AvgIpc) is 3.25. The summed E-state index contributed by atoms with van der Waals surface area (Å²) in [5.41, 5.74) is 7.71. The van der Waals surface area contributed by atoms with Crippen LogP contribution in [-0.4, -0.2) is 38.9 Å². The van der Waals surface area contributed by atoms with Crippen LogP contribution in [0.3, 0.4) is 0 Å². The Morgan fingerprint density at radius 3 is 2.89 bits per heavy atom. The highest BCUT2D eigenvalue weighted by molar-refractivity contribution is 6.05. The Morgan fingerprint density at radius 2 is 2.15 bits per heavy atom. The van der Waals surface area contributed by atoms with Gasteiger partial charge in [-0.3, -0.25) is 19.7 Å². The smallest absolute Gasteiger partial charge is 0.315 e. The first kappa shape index (κ1) is 17.2. The molecule has 1 fully saturated rings. The molecule has 2 aliphatic rings. The number of hydrogen-bond acceptors (Lipinski definition) is 8. The predicted octanol–water partition coefficient (Wildman–Crippen LogP) is -0.0986. The van der Waals surface area contributed by atoms with Crippen molar-refractivity contribution in [3.05, 3.63) is 40.8 Å². The van der Waals surface area contributed by atoms with E-state index in [-0.39, 0.29) is 30.8 Å². The predicted molar refractivity (Wildman–Crippen MR) is 92.0 cm³/mol. The van der Waals surface area contributed by atoms with Crippen LogP contribution in [0.15, 0.2) is 22.6 Å². The molecule has 27 heavy (non-hydrogen) atoms. The van der Waals surface area contributed by atoms with Gasteiger partial charge in [0.1, 0.15) is 6.04 Å². The van der Waals surface area contributed by atoms with Crippen molar-refractivity contribution in [1.29, 1.82) is 0 Å². The maximum absolute atomic E-state index is 12.8. The molecule has 1 saturated heterocycles. The van der Waals surface area contributed by atoms with Gasteiger partial charge in [0.2, 0.25) is 17.7 Å². The number of rotatable bonds is 5. The van der Waals surface area contributed by atoms with Crippen LogP contribution < -0.4 is 16.4 Å². The lowest BCUT2D eigenvalue weighted by Crippen LogP contribution is -2.52. The first-order valence-electron chi connectivity index (χ1n) is 8.58. The fourth-order valence-electron chi connectivity index (χ4n) is 3.30. The summed E-state index contributed by atoms with van der Waals surface area (Å²) in [5.74, 6) is -0.583. The Kier molecular flexibility index (Phi) is 4.32. The van der Waals surface area contributed by atoms with Crippen molar-refractivity contribution < 1.29 is 18.8 Å². The molecule has 1 unspecified atom stereocenters. The normalized spacial score (nSPS) is 19.2. The zero-order chi connectivity index (χ0) is 19.0. The molecule has 0 aliphatic carbocycles. The third-order valence-corrected chi connectivity index (χ3v) is 4.68. The average molecular weight is 370 g/mol. The van der Waals surface area contributed by atoms with E-state index in [1.165, 1.54) is 4.90 Å². The minimum absolute atomic E-state index is 0.165. The van der Waals surface area contributed by atoms with Crippen LogP contribution in [0.2, 0.25) is 0 Å². The lowest BCUT2D eigenvalue weighted by atomic mass is 10.0. The quantitative estimate of drug-likeness (QED) is 0.619. The fourth-order valence-corrected chi connectivity index (χ4v) is 3.30. The summed E-state index contributed by atoms with van der Waals surface area (Å²) in [6, 6.07) is 5.20. The van der Waals surface area contributed by atoms with Crippen LogP contribution in [0.25, 0.3) is 0 Å². The molecule has 3 heterocycles. The molecule has 0 spiro atoms. The summed E-state index contributed by atoms with van der Waals surface area (Å²) in [6.07, 6.45) is 0.583. The molecule has 4 N–H and O–H groups in total. The summed E-state index contributed by atoms with van der Waals surface area (Å²) in [6.45, 7) is 0.918. The van der Waals surface area contributed by atoms with Gasteiger partial charge in [0.25, 0.3) is 5.91 Å². The molecule has 1 atom stereocenters. The maximum atomic E-state index is 12.8. The second-order valence-electron chi connectivity index (χ2n) is 6.45. The fraction of sp³-hybridized carbons (Fsp3) is 0.353. The molecule has 0 bridgehead atoms. The van der Waals surface area contributed by atoms with Crippen LogP contribution in [0, 0.1) is 0 Å². The van der Waals surface area contributed by atoms with Crippen molar-refractivity contribution in [3.8, 4) is 0 Å². The minimum Gasteiger partial charge on any atom is -0.407 e. The number of amides is 3. The minimum atomic E-state index is -0.614. The highest BCUT2D eigenvalue weighted by Crippen LogP contribution is 2.28. The van der Waals surface area contributed by atoms with Gasteiger partial charge < -0.3 is 20.4 Å². The van der Waals surface area contributed by atoms with Gasteiger partial charge >= 0.3 is 6.01 Å². The number of nitrogens with zero attached hydrogens (tertiary/aromatic N) is 3. The zero-order valence-corrected chi connectivity index (χ0v) is 14.4. The third-order valence-electron chi connectivity index (χ3n) is 4.68. The summed E-state index contributed by atoms with van der Waals surface area (Å²) in [4.78, 5) is 37.7. The van der Waals surface area contributed by atoms with E-state index in [0.29, 0.717) is 31.0 Å². The van der Waals surface area contributed by atoms with Crippen LogP contribution in [0.4, 0.5) is 6.01 Å². The molecule has 3 amide bonds. The lowest BCUT2D eigenvalue weighted by molar-refractivity contribution is -0.136. The van der Waals surface area contributed by atoms with E-state index >= 15 is 0 Å². The molecule has 1 aromatic carbocycles. The first-order valence-corrected chi connectivity index (χ1v) is 8.58. The van der Waals surface area contributed by atoms with Crippen molar-refractivity contribution in [3.63, 3.8) is 0 Å². The Morgan fingerprint density at radius 1 is 1.30 bits per heavy atom. The highest BCUT2D eigenvalue weighted by atomic mass is 16.4. The van der Waals surface area contributed by atoms with E-state index in [2.05, 4.69) is 20.8 Å². The molecule has 1 aromatic heterocycles. The summed E-state index contributed by atoms with van der Waals surface area (Å²) >= 11 is 0. The number of piperidine rings is 1. The van der Waals surface area contributed by atoms with Crippen molar-refractivity contribution in [2.45, 2.75) is 38.5 Å². The van der Waals surface area contributed by atoms with Crippen molar-refractivity contribution >= 4 is 23.7 Å². The van der Waals surface area contributed by atoms with E-state index in [0.717, 1.165) is 11.1 Å². The molecule has 2 aromatic rings. The molecule has 0 saturated carbocycles. The third kappa shape index (κ3) is 3.26. The Bertz CT molecular complexity index is 924. The van der Waals surface area contributed by atoms with E-state index in [4.69, 9.17) is 10.2 Å². The van der Waals surface area contributed by atoms with E-state index in [1.807, 2.05) is 12.1 Å². The van der Waals surface area contributed by atoms with Crippen LogP contribution in [0.5, 0.6) is 0 Å². The van der Waals surface area contributed by atoms with Gasteiger partial charge in [-0.2, -0.15) is 0 Å². The van der Waals surface area contributed by atoms with E-state index in [9.17, 15) is 14.4 Å². The van der Waals surface area contributed by atoms with Crippen LogP contribution in [-0.2, 0) is 29.2 Å². The topological polar surface area (TPSA) is 143 Å². The number of fused-ring (bicyclic) bond motifs is 1. The molecule has 0 radical (unpaired) electrons. The van der Waals surface area contributed by atoms with Gasteiger partial charge in [0, 0.05) is 25.1 Å². The lowest BCUT2D eigenvalue weighted by Gasteiger charge is -2.29. The van der Waals surface area contributed by atoms with Crippen LogP contribution in [0.1, 0.15) is 40.2 Å². The van der Waals surface area contributed by atoms with Gasteiger partial charge in [-0.05, 0) is 23.6 Å². The molecule has 140 valence electrons. The second kappa shape index (κ2) is 6.80. The number of benzene rings is 1. The van der Waals surface area contributed by atoms with E-state index < -0.39 is 11.9 Å². The standard InChI is InChI=1S/C17H18N6O4/c18-6-14-21-22-17(27-14)19-7-9-1-2-10-8-23(16(26)11(10)5-9)12-3-4-13(24)20-15(12)25/h1-2,5,12H,3-4,6-8,18H2,(H,19,22)(H,20,24,25). The molecular weight excluding hydrogens is 352 g/mol. The summed E-state index contributed by atoms with van der Waals surface area (Å²) in [5, 5.41) is 12.9. The number of carbonyl (C=O) groups is 3. The first-order chi connectivity index (χ1) is 13.0. The molecule has 10 nitrogen and oxygen atoms in total. The number of imide groups is 1. The number of nitrogens with one attached hydrogen (secondary N) is 2. The van der Waals surface area contributed by atoms with Gasteiger partial charge in [-0.1, -0.05) is 17.2 Å². The Balaban J connectivity index is 1.46. The van der Waals surface area contributed by atoms with Crippen LogP contribution >= 0.6 is 0 Å². The number of aromatic nitrogens is 2. The second-order valence-corrected chi connectivity index (χ2v) is 6.45. The maximum Gasteiger partial charge on any atom is 0.315 e. The van der Waals surface area contributed by atoms with E-state index in [1.54, 1.807) is 6.07 Å². The van der Waals surface area contributed by atoms with Gasteiger partial charge in [0.15, 0.2) is 0 Å². The summed E-state index contributed by atoms with van der Waals surface area (Å²) in [7, 11) is 0. The van der Waals surface area contributed by atoms with Gasteiger partial charge in [-0.25, -0.2) is 0 Å². The monoisotopic (exact) mass is 370 g/mol. The zero-order valence-electron chi connectivity index (χ0n) is 14.4.